The van der Waals surface area contributed by atoms with Crippen molar-refractivity contribution in [2.24, 2.45) is 0 Å². The summed E-state index contributed by atoms with van der Waals surface area (Å²) < 4.78 is 38.1. The summed E-state index contributed by atoms with van der Waals surface area (Å²) in [5.41, 5.74) is 6.21. The Morgan fingerprint density at radius 1 is 1.11 bits per heavy atom. The first-order chi connectivity index (χ1) is 8.79. The third kappa shape index (κ3) is 2.96. The van der Waals surface area contributed by atoms with E-state index in [1.165, 1.54) is 12.1 Å². The number of hydrogen-bond donors (Lipinski definition) is 1. The van der Waals surface area contributed by atoms with Crippen LogP contribution in [0.1, 0.15) is 11.3 Å². The molecule has 7 heteroatoms. The molecule has 0 spiro atoms. The van der Waals surface area contributed by atoms with Crippen LogP contribution in [0.5, 0.6) is 0 Å². The summed E-state index contributed by atoms with van der Waals surface area (Å²) in [5, 5.41) is 0. The maximum atomic E-state index is 12.5. The molecule has 1 heterocycles. The van der Waals surface area contributed by atoms with Crippen LogP contribution in [-0.4, -0.2) is 9.97 Å². The Morgan fingerprint density at radius 3 is 2.16 bits per heavy atom. The van der Waals surface area contributed by atoms with E-state index in [1.807, 2.05) is 22.6 Å². The lowest BCUT2D eigenvalue weighted by molar-refractivity contribution is -0.137. The Balaban J connectivity index is 2.43. The van der Waals surface area contributed by atoms with Crippen molar-refractivity contribution in [2.45, 2.75) is 13.1 Å². The van der Waals surface area contributed by atoms with E-state index < -0.39 is 11.7 Å². The average Bonchev–Trinajstić information content (AvgIpc) is 2.34. The van der Waals surface area contributed by atoms with E-state index in [0.717, 1.165) is 15.7 Å². The van der Waals surface area contributed by atoms with Gasteiger partial charge in [-0.2, -0.15) is 13.2 Å². The molecule has 2 aromatic rings. The average molecular weight is 379 g/mol. The molecule has 0 bridgehead atoms. The normalized spacial score (nSPS) is 11.6. The molecular formula is C12H9F3IN3. The number of anilines is 1. The van der Waals surface area contributed by atoms with Gasteiger partial charge in [0, 0.05) is 5.56 Å². The molecule has 0 saturated carbocycles. The number of alkyl halides is 3. The predicted molar refractivity (Wildman–Crippen MR) is 74.3 cm³/mol. The van der Waals surface area contributed by atoms with Gasteiger partial charge >= 0.3 is 6.18 Å². The molecule has 0 aliphatic heterocycles. The number of nitrogen functional groups attached to an aromatic ring is 1. The molecule has 2 rings (SSSR count). The zero-order valence-corrected chi connectivity index (χ0v) is 12.0. The number of nitrogens with two attached hydrogens (primary N) is 1. The van der Waals surface area contributed by atoms with Gasteiger partial charge in [-0.05, 0) is 41.6 Å². The summed E-state index contributed by atoms with van der Waals surface area (Å²) in [7, 11) is 0. The third-order valence-electron chi connectivity index (χ3n) is 2.51. The van der Waals surface area contributed by atoms with E-state index >= 15 is 0 Å². The van der Waals surface area contributed by atoms with Gasteiger partial charge in [-0.25, -0.2) is 9.97 Å². The molecule has 0 aliphatic carbocycles. The monoisotopic (exact) mass is 379 g/mol. The Kier molecular flexibility index (Phi) is 3.66. The summed E-state index contributed by atoms with van der Waals surface area (Å²) >= 11 is 2.02. The highest BCUT2D eigenvalue weighted by Crippen LogP contribution is 2.30. The first kappa shape index (κ1) is 14.0. The smallest absolute Gasteiger partial charge is 0.383 e. The third-order valence-corrected chi connectivity index (χ3v) is 3.85. The van der Waals surface area contributed by atoms with Crippen molar-refractivity contribution < 1.29 is 13.2 Å². The standard InChI is InChI=1S/C12H9F3IN3/c1-6-9(16)10(17)19-11(18-6)7-2-4-8(5-3-7)12(13,14)15/h2-5H,1H3,(H2,17,18,19). The minimum absolute atomic E-state index is 0.322. The molecule has 19 heavy (non-hydrogen) atoms. The molecule has 0 amide bonds. The number of aromatic nitrogens is 2. The molecule has 100 valence electrons. The molecule has 0 fully saturated rings. The second-order valence-electron chi connectivity index (χ2n) is 3.91. The van der Waals surface area contributed by atoms with Gasteiger partial charge in [0.2, 0.25) is 0 Å². The van der Waals surface area contributed by atoms with Crippen LogP contribution in [-0.2, 0) is 6.18 Å². The summed E-state index contributed by atoms with van der Waals surface area (Å²) in [6.07, 6.45) is -4.35. The number of aryl methyl sites for hydroxylation is 1. The molecule has 2 N–H and O–H groups in total. The molecule has 0 radical (unpaired) electrons. The molecule has 3 nitrogen and oxygen atoms in total. The summed E-state index contributed by atoms with van der Waals surface area (Å²) in [4.78, 5) is 8.29. The van der Waals surface area contributed by atoms with Crippen LogP contribution in [0.4, 0.5) is 19.0 Å². The van der Waals surface area contributed by atoms with E-state index in [-0.39, 0.29) is 0 Å². The van der Waals surface area contributed by atoms with Gasteiger partial charge in [-0.3, -0.25) is 0 Å². The summed E-state index contributed by atoms with van der Waals surface area (Å²) in [6.45, 7) is 1.77. The van der Waals surface area contributed by atoms with Crippen LogP contribution in [0, 0.1) is 10.5 Å². The molecule has 1 aromatic carbocycles. The van der Waals surface area contributed by atoms with Crippen molar-refractivity contribution in [3.8, 4) is 11.4 Å². The van der Waals surface area contributed by atoms with Gasteiger partial charge in [0.15, 0.2) is 5.82 Å². The molecular weight excluding hydrogens is 370 g/mol. The Bertz CT molecular complexity index is 586. The van der Waals surface area contributed by atoms with Gasteiger partial charge in [0.05, 0.1) is 14.8 Å². The quantitative estimate of drug-likeness (QED) is 0.770. The lowest BCUT2D eigenvalue weighted by atomic mass is 10.1. The second-order valence-corrected chi connectivity index (χ2v) is 4.99. The number of rotatable bonds is 1. The zero-order valence-electron chi connectivity index (χ0n) is 9.79. The van der Waals surface area contributed by atoms with Crippen LogP contribution in [0.15, 0.2) is 24.3 Å². The summed E-state index contributed by atoms with van der Waals surface area (Å²) in [5.74, 6) is 0.645. The van der Waals surface area contributed by atoms with Crippen molar-refractivity contribution in [2.75, 3.05) is 5.73 Å². The van der Waals surface area contributed by atoms with Gasteiger partial charge in [0.25, 0.3) is 0 Å². The van der Waals surface area contributed by atoms with Crippen LogP contribution >= 0.6 is 22.6 Å². The zero-order chi connectivity index (χ0) is 14.2. The fraction of sp³-hybridized carbons (Fsp3) is 0.167. The van der Waals surface area contributed by atoms with Crippen molar-refractivity contribution in [1.82, 2.24) is 9.97 Å². The Labute approximate surface area is 121 Å². The predicted octanol–water partition coefficient (Wildman–Crippen LogP) is 3.66. The lowest BCUT2D eigenvalue weighted by Gasteiger charge is -2.08. The first-order valence-corrected chi connectivity index (χ1v) is 6.34. The molecule has 0 unspecified atom stereocenters. The fourth-order valence-corrected chi connectivity index (χ4v) is 1.76. The van der Waals surface area contributed by atoms with Crippen molar-refractivity contribution in [3.63, 3.8) is 0 Å². The SMILES string of the molecule is Cc1nc(-c2ccc(C(F)(F)F)cc2)nc(N)c1I. The van der Waals surface area contributed by atoms with Gasteiger partial charge in [-0.1, -0.05) is 12.1 Å². The van der Waals surface area contributed by atoms with Gasteiger partial charge in [0.1, 0.15) is 5.82 Å². The van der Waals surface area contributed by atoms with Crippen molar-refractivity contribution in [1.29, 1.82) is 0 Å². The Morgan fingerprint density at radius 2 is 1.68 bits per heavy atom. The van der Waals surface area contributed by atoms with E-state index in [2.05, 4.69) is 9.97 Å². The lowest BCUT2D eigenvalue weighted by Crippen LogP contribution is -2.05. The maximum Gasteiger partial charge on any atom is 0.416 e. The molecule has 0 saturated heterocycles. The second kappa shape index (κ2) is 4.95. The highest BCUT2D eigenvalue weighted by molar-refractivity contribution is 14.1. The van der Waals surface area contributed by atoms with Crippen molar-refractivity contribution in [3.05, 3.63) is 39.1 Å². The highest BCUT2D eigenvalue weighted by Gasteiger charge is 2.30. The van der Waals surface area contributed by atoms with Crippen LogP contribution in [0.2, 0.25) is 0 Å². The minimum atomic E-state index is -4.35. The molecule has 0 atom stereocenters. The van der Waals surface area contributed by atoms with Gasteiger partial charge < -0.3 is 5.73 Å². The number of hydrogen-bond acceptors (Lipinski definition) is 3. The first-order valence-electron chi connectivity index (χ1n) is 5.26. The minimum Gasteiger partial charge on any atom is -0.383 e. The van der Waals surface area contributed by atoms with Crippen LogP contribution in [0.25, 0.3) is 11.4 Å². The fourth-order valence-electron chi connectivity index (χ4n) is 1.52. The number of benzene rings is 1. The van der Waals surface area contributed by atoms with E-state index in [0.29, 0.717) is 22.9 Å². The number of nitrogens with zero attached hydrogens (tertiary/aromatic N) is 2. The van der Waals surface area contributed by atoms with Crippen LogP contribution in [0.3, 0.4) is 0 Å². The largest absolute Gasteiger partial charge is 0.416 e. The van der Waals surface area contributed by atoms with Crippen molar-refractivity contribution >= 4 is 28.4 Å². The molecule has 0 aliphatic rings. The topological polar surface area (TPSA) is 51.8 Å². The summed E-state index contributed by atoms with van der Waals surface area (Å²) in [6, 6.07) is 4.68. The van der Waals surface area contributed by atoms with E-state index in [9.17, 15) is 13.2 Å². The van der Waals surface area contributed by atoms with E-state index in [1.54, 1.807) is 6.92 Å². The van der Waals surface area contributed by atoms with E-state index in [4.69, 9.17) is 5.73 Å². The van der Waals surface area contributed by atoms with Gasteiger partial charge in [-0.15, -0.1) is 0 Å². The Hall–Kier alpha value is -1.38. The maximum absolute atomic E-state index is 12.5. The molecule has 1 aromatic heterocycles. The van der Waals surface area contributed by atoms with Crippen LogP contribution < -0.4 is 5.73 Å². The highest BCUT2D eigenvalue weighted by atomic mass is 127. The number of halogens is 4.